The number of nitrogens with zero attached hydrogens (tertiary/aromatic N) is 1. The number of amides is 1. The number of rotatable bonds is 4. The fraction of sp³-hybridized carbons (Fsp3) is 0.0667. The summed E-state index contributed by atoms with van der Waals surface area (Å²) in [6, 6.07) is 9.49. The molecule has 1 N–H and O–H groups in total. The molecule has 1 heterocycles. The van der Waals surface area contributed by atoms with Crippen LogP contribution in [0.25, 0.3) is 0 Å². The monoisotopic (exact) mass is 268 g/mol. The Kier molecular flexibility index (Phi) is 4.00. The van der Waals surface area contributed by atoms with Crippen molar-refractivity contribution < 1.29 is 14.4 Å². The van der Waals surface area contributed by atoms with E-state index < -0.39 is 11.6 Å². The van der Waals surface area contributed by atoms with E-state index in [0.29, 0.717) is 5.69 Å². The predicted molar refractivity (Wildman–Crippen MR) is 73.6 cm³/mol. The third-order valence-electron chi connectivity index (χ3n) is 2.61. The minimum atomic E-state index is -0.678. The van der Waals surface area contributed by atoms with Crippen molar-refractivity contribution in [2.45, 2.75) is 6.92 Å². The summed E-state index contributed by atoms with van der Waals surface area (Å²) in [5.74, 6) is -1.64. The van der Waals surface area contributed by atoms with Gasteiger partial charge in [-0.1, -0.05) is 12.1 Å². The van der Waals surface area contributed by atoms with E-state index >= 15 is 0 Å². The van der Waals surface area contributed by atoms with Crippen LogP contribution in [0.1, 0.15) is 27.6 Å². The molecule has 0 aliphatic rings. The lowest BCUT2D eigenvalue weighted by atomic mass is 10.0. The lowest BCUT2D eigenvalue weighted by Gasteiger charge is -2.08. The van der Waals surface area contributed by atoms with Gasteiger partial charge < -0.3 is 5.32 Å². The number of pyridine rings is 1. The van der Waals surface area contributed by atoms with E-state index in [-0.39, 0.29) is 17.0 Å². The summed E-state index contributed by atoms with van der Waals surface area (Å²) in [4.78, 5) is 39.2. The van der Waals surface area contributed by atoms with E-state index in [1.807, 2.05) is 0 Å². The average molecular weight is 268 g/mol. The van der Waals surface area contributed by atoms with Crippen molar-refractivity contribution in [3.8, 4) is 0 Å². The second kappa shape index (κ2) is 5.88. The molecule has 0 aliphatic carbocycles. The van der Waals surface area contributed by atoms with E-state index in [4.69, 9.17) is 0 Å². The number of carbonyl (C=O) groups excluding carboxylic acids is 3. The molecule has 5 nitrogen and oxygen atoms in total. The van der Waals surface area contributed by atoms with Gasteiger partial charge >= 0.3 is 0 Å². The largest absolute Gasteiger partial charge is 0.326 e. The van der Waals surface area contributed by atoms with Crippen molar-refractivity contribution in [2.75, 3.05) is 5.32 Å². The van der Waals surface area contributed by atoms with Crippen molar-refractivity contribution >= 4 is 23.2 Å². The van der Waals surface area contributed by atoms with Gasteiger partial charge in [-0.25, -0.2) is 0 Å². The van der Waals surface area contributed by atoms with Gasteiger partial charge in [-0.3, -0.25) is 19.4 Å². The summed E-state index contributed by atoms with van der Waals surface area (Å²) in [5, 5.41) is 2.53. The number of hydrogen-bond acceptors (Lipinski definition) is 4. The number of aromatic nitrogens is 1. The molecular formula is C15H12N2O3. The highest BCUT2D eigenvalue weighted by molar-refractivity contribution is 6.50. The summed E-state index contributed by atoms with van der Waals surface area (Å²) in [7, 11) is 0. The molecule has 0 bridgehead atoms. The molecule has 1 amide bonds. The zero-order valence-corrected chi connectivity index (χ0v) is 10.8. The Morgan fingerprint density at radius 1 is 1.00 bits per heavy atom. The number of carbonyl (C=O) groups is 3. The Morgan fingerprint density at radius 3 is 2.40 bits per heavy atom. The van der Waals surface area contributed by atoms with Crippen LogP contribution in [0.4, 0.5) is 5.69 Å². The van der Waals surface area contributed by atoms with E-state index in [1.54, 1.807) is 24.3 Å². The average Bonchev–Trinajstić information content (AvgIpc) is 2.46. The second-order valence-corrected chi connectivity index (χ2v) is 4.13. The Hall–Kier alpha value is -2.82. The third-order valence-corrected chi connectivity index (χ3v) is 2.61. The van der Waals surface area contributed by atoms with Crippen molar-refractivity contribution in [3.63, 3.8) is 0 Å². The molecule has 0 saturated heterocycles. The number of Topliss-reactive ketones (excluding diaryl/α,β-unsaturated/α-hetero) is 2. The molecule has 0 saturated carbocycles. The zero-order valence-electron chi connectivity index (χ0n) is 10.8. The Bertz CT molecular complexity index is 666. The maximum absolute atomic E-state index is 12.2. The quantitative estimate of drug-likeness (QED) is 0.680. The van der Waals surface area contributed by atoms with Crippen LogP contribution in [0.2, 0.25) is 0 Å². The van der Waals surface area contributed by atoms with Gasteiger partial charge in [0.05, 0.1) is 5.69 Å². The minimum absolute atomic E-state index is 0.163. The zero-order chi connectivity index (χ0) is 14.5. The Balaban J connectivity index is 2.34. The Labute approximate surface area is 115 Å². The third kappa shape index (κ3) is 2.95. The maximum Gasteiger partial charge on any atom is 0.235 e. The summed E-state index contributed by atoms with van der Waals surface area (Å²) < 4.78 is 0. The molecule has 100 valence electrons. The highest BCUT2D eigenvalue weighted by atomic mass is 16.2. The first-order valence-corrected chi connectivity index (χ1v) is 5.95. The van der Waals surface area contributed by atoms with Gasteiger partial charge in [0, 0.05) is 30.4 Å². The fourth-order valence-electron chi connectivity index (χ4n) is 1.73. The van der Waals surface area contributed by atoms with Crippen LogP contribution in [-0.4, -0.2) is 22.5 Å². The van der Waals surface area contributed by atoms with Crippen LogP contribution in [0.3, 0.4) is 0 Å². The van der Waals surface area contributed by atoms with Gasteiger partial charge in [0.15, 0.2) is 0 Å². The molecule has 0 spiro atoms. The maximum atomic E-state index is 12.2. The molecule has 20 heavy (non-hydrogen) atoms. The highest BCUT2D eigenvalue weighted by Gasteiger charge is 2.21. The minimum Gasteiger partial charge on any atom is -0.326 e. The standard InChI is InChI=1S/C15H12N2O3/c1-10(18)17-13-7-3-2-6-12(13)15(20)14(19)11-5-4-8-16-9-11/h2-9H,1H3,(H,17,18). The van der Waals surface area contributed by atoms with E-state index in [2.05, 4.69) is 10.3 Å². The van der Waals surface area contributed by atoms with Crippen LogP contribution in [0, 0.1) is 0 Å². The van der Waals surface area contributed by atoms with Crippen LogP contribution in [0.5, 0.6) is 0 Å². The van der Waals surface area contributed by atoms with Crippen LogP contribution in [-0.2, 0) is 4.79 Å². The molecule has 1 aromatic heterocycles. The summed E-state index contributed by atoms with van der Waals surface area (Å²) in [6.45, 7) is 1.34. The SMILES string of the molecule is CC(=O)Nc1ccccc1C(=O)C(=O)c1cccnc1. The van der Waals surface area contributed by atoms with Gasteiger partial charge in [-0.2, -0.15) is 0 Å². The smallest absolute Gasteiger partial charge is 0.235 e. The Morgan fingerprint density at radius 2 is 1.75 bits per heavy atom. The molecule has 0 fully saturated rings. The predicted octanol–water partition coefficient (Wildman–Crippen LogP) is 2.11. The lowest BCUT2D eigenvalue weighted by molar-refractivity contribution is -0.114. The first kappa shape index (κ1) is 13.6. The summed E-state index contributed by atoms with van der Waals surface area (Å²) in [6.07, 6.45) is 2.85. The first-order chi connectivity index (χ1) is 9.59. The van der Waals surface area contributed by atoms with Crippen molar-refractivity contribution in [1.29, 1.82) is 0 Å². The topological polar surface area (TPSA) is 76.1 Å². The fourth-order valence-corrected chi connectivity index (χ4v) is 1.73. The molecular weight excluding hydrogens is 256 g/mol. The van der Waals surface area contributed by atoms with Crippen LogP contribution >= 0.6 is 0 Å². The number of nitrogens with one attached hydrogen (secondary N) is 1. The molecule has 0 atom stereocenters. The number of para-hydroxylation sites is 1. The van der Waals surface area contributed by atoms with Gasteiger partial charge in [0.1, 0.15) is 0 Å². The van der Waals surface area contributed by atoms with Crippen molar-refractivity contribution in [3.05, 3.63) is 59.9 Å². The van der Waals surface area contributed by atoms with Crippen molar-refractivity contribution in [2.24, 2.45) is 0 Å². The lowest BCUT2D eigenvalue weighted by Crippen LogP contribution is -2.18. The molecule has 0 radical (unpaired) electrons. The number of hydrogen-bond donors (Lipinski definition) is 1. The molecule has 1 aromatic carbocycles. The van der Waals surface area contributed by atoms with E-state index in [0.717, 1.165) is 0 Å². The summed E-state index contributed by atoms with van der Waals surface area (Å²) in [5.41, 5.74) is 0.703. The molecule has 0 aliphatic heterocycles. The number of benzene rings is 1. The van der Waals surface area contributed by atoms with Gasteiger partial charge in [0.2, 0.25) is 17.5 Å². The van der Waals surface area contributed by atoms with Crippen molar-refractivity contribution in [1.82, 2.24) is 4.98 Å². The van der Waals surface area contributed by atoms with Gasteiger partial charge in [-0.05, 0) is 24.3 Å². The van der Waals surface area contributed by atoms with Gasteiger partial charge in [0.25, 0.3) is 0 Å². The molecule has 2 aromatic rings. The molecule has 5 heteroatoms. The number of ketones is 2. The van der Waals surface area contributed by atoms with Crippen LogP contribution in [0.15, 0.2) is 48.8 Å². The van der Waals surface area contributed by atoms with Crippen LogP contribution < -0.4 is 5.32 Å². The molecule has 2 rings (SSSR count). The second-order valence-electron chi connectivity index (χ2n) is 4.13. The number of anilines is 1. The summed E-state index contributed by atoms with van der Waals surface area (Å²) >= 11 is 0. The van der Waals surface area contributed by atoms with Gasteiger partial charge in [-0.15, -0.1) is 0 Å². The van der Waals surface area contributed by atoms with E-state index in [1.165, 1.54) is 31.5 Å². The highest BCUT2D eigenvalue weighted by Crippen LogP contribution is 2.17. The molecule has 0 unspecified atom stereocenters. The first-order valence-electron chi connectivity index (χ1n) is 5.95. The normalized spacial score (nSPS) is 9.85. The van der Waals surface area contributed by atoms with E-state index in [9.17, 15) is 14.4 Å².